The minimum absolute atomic E-state index is 0.118. The van der Waals surface area contributed by atoms with Gasteiger partial charge in [0.05, 0.1) is 22.7 Å². The highest BCUT2D eigenvalue weighted by molar-refractivity contribution is 6.33. The molecule has 3 rings (SSSR count). The zero-order valence-electron chi connectivity index (χ0n) is 16.0. The second-order valence-electron chi connectivity index (χ2n) is 6.49. The normalized spacial score (nSPS) is 10.6. The van der Waals surface area contributed by atoms with Crippen LogP contribution in [-0.4, -0.2) is 33.7 Å². The summed E-state index contributed by atoms with van der Waals surface area (Å²) in [5.74, 6) is 0.691. The molecule has 0 unspecified atom stereocenters. The van der Waals surface area contributed by atoms with Gasteiger partial charge in [-0.05, 0) is 38.1 Å². The number of amides is 1. The van der Waals surface area contributed by atoms with E-state index in [0.717, 1.165) is 0 Å². The molecule has 8 heteroatoms. The molecule has 1 heterocycles. The average molecular weight is 411 g/mol. The van der Waals surface area contributed by atoms with Crippen LogP contribution in [-0.2, 0) is 11.3 Å². The lowest BCUT2D eigenvalue weighted by Crippen LogP contribution is -2.39. The van der Waals surface area contributed by atoms with E-state index in [9.17, 15) is 4.79 Å². The number of carbonyl (C=O) groups is 1. The molecule has 0 atom stereocenters. The second kappa shape index (κ2) is 9.22. The maximum atomic E-state index is 12.7. The first-order chi connectivity index (χ1) is 14.0. The standard InChI is InChI=1S/C21H19ClN4O3/c1-14(2)26(20(27)13-28-18-10-6-3-7-15(18)11-23)12-19-24-25-21(29-19)16-8-4-5-9-17(16)22/h3-10,14H,12-13H2,1-2H3. The van der Waals surface area contributed by atoms with E-state index in [-0.39, 0.29) is 25.1 Å². The Kier molecular flexibility index (Phi) is 6.47. The van der Waals surface area contributed by atoms with Gasteiger partial charge in [0.1, 0.15) is 11.8 Å². The summed E-state index contributed by atoms with van der Waals surface area (Å²) in [6, 6.07) is 15.8. The quantitative estimate of drug-likeness (QED) is 0.582. The number of halogens is 1. The molecule has 148 valence electrons. The van der Waals surface area contributed by atoms with Gasteiger partial charge in [-0.3, -0.25) is 4.79 Å². The number of benzene rings is 2. The third-order valence-corrected chi connectivity index (χ3v) is 4.51. The average Bonchev–Trinajstić information content (AvgIpc) is 3.19. The number of carbonyl (C=O) groups excluding carboxylic acids is 1. The number of hydrogen-bond donors (Lipinski definition) is 0. The molecule has 0 radical (unpaired) electrons. The first kappa shape index (κ1) is 20.4. The van der Waals surface area contributed by atoms with Crippen molar-refractivity contribution in [2.75, 3.05) is 6.61 Å². The summed E-state index contributed by atoms with van der Waals surface area (Å²) in [6.07, 6.45) is 0. The van der Waals surface area contributed by atoms with E-state index < -0.39 is 0 Å². The predicted octanol–water partition coefficient (Wildman–Crippen LogP) is 4.08. The van der Waals surface area contributed by atoms with Gasteiger partial charge in [0.15, 0.2) is 6.61 Å². The molecular formula is C21H19ClN4O3. The number of aromatic nitrogens is 2. The summed E-state index contributed by atoms with van der Waals surface area (Å²) in [5.41, 5.74) is 1.00. The summed E-state index contributed by atoms with van der Waals surface area (Å²) in [4.78, 5) is 14.3. The summed E-state index contributed by atoms with van der Waals surface area (Å²) >= 11 is 6.17. The van der Waals surface area contributed by atoms with Gasteiger partial charge in [-0.15, -0.1) is 10.2 Å². The van der Waals surface area contributed by atoms with E-state index in [1.54, 1.807) is 41.3 Å². The lowest BCUT2D eigenvalue weighted by atomic mass is 10.2. The van der Waals surface area contributed by atoms with Gasteiger partial charge in [0.2, 0.25) is 11.8 Å². The Morgan fingerprint density at radius 2 is 1.93 bits per heavy atom. The highest BCUT2D eigenvalue weighted by Crippen LogP contribution is 2.26. The van der Waals surface area contributed by atoms with Crippen LogP contribution in [0.3, 0.4) is 0 Å². The van der Waals surface area contributed by atoms with Crippen LogP contribution in [0.25, 0.3) is 11.5 Å². The van der Waals surface area contributed by atoms with Crippen molar-refractivity contribution in [3.8, 4) is 23.3 Å². The first-order valence-electron chi connectivity index (χ1n) is 8.98. The first-order valence-corrected chi connectivity index (χ1v) is 9.36. The highest BCUT2D eigenvalue weighted by Gasteiger charge is 2.22. The Balaban J connectivity index is 1.70. The number of nitriles is 1. The zero-order valence-corrected chi connectivity index (χ0v) is 16.8. The number of hydrogen-bond acceptors (Lipinski definition) is 6. The molecule has 0 aliphatic carbocycles. The van der Waals surface area contributed by atoms with Crippen LogP contribution in [0.2, 0.25) is 5.02 Å². The highest BCUT2D eigenvalue weighted by atomic mass is 35.5. The molecule has 1 amide bonds. The largest absolute Gasteiger partial charge is 0.482 e. The van der Waals surface area contributed by atoms with E-state index in [4.69, 9.17) is 26.0 Å². The van der Waals surface area contributed by atoms with Crippen molar-refractivity contribution in [1.29, 1.82) is 5.26 Å². The molecule has 0 fully saturated rings. The van der Waals surface area contributed by atoms with Gasteiger partial charge in [0, 0.05) is 6.04 Å². The van der Waals surface area contributed by atoms with Crippen LogP contribution >= 0.6 is 11.6 Å². The predicted molar refractivity (Wildman–Crippen MR) is 107 cm³/mol. The van der Waals surface area contributed by atoms with Crippen molar-refractivity contribution >= 4 is 17.5 Å². The van der Waals surface area contributed by atoms with Gasteiger partial charge in [-0.1, -0.05) is 35.9 Å². The lowest BCUT2D eigenvalue weighted by Gasteiger charge is -2.25. The Hall–Kier alpha value is -3.37. The van der Waals surface area contributed by atoms with Crippen LogP contribution in [0.15, 0.2) is 52.9 Å². The maximum absolute atomic E-state index is 12.7. The topological polar surface area (TPSA) is 92.2 Å². The van der Waals surface area contributed by atoms with Crippen molar-refractivity contribution in [2.45, 2.75) is 26.4 Å². The van der Waals surface area contributed by atoms with E-state index in [1.807, 2.05) is 32.0 Å². The van der Waals surface area contributed by atoms with Crippen molar-refractivity contribution in [3.05, 3.63) is 65.0 Å². The van der Waals surface area contributed by atoms with Crippen molar-refractivity contribution in [3.63, 3.8) is 0 Å². The minimum atomic E-state index is -0.259. The van der Waals surface area contributed by atoms with E-state index in [0.29, 0.717) is 33.7 Å². The van der Waals surface area contributed by atoms with Crippen LogP contribution < -0.4 is 4.74 Å². The fraction of sp³-hybridized carbons (Fsp3) is 0.238. The zero-order chi connectivity index (χ0) is 20.8. The smallest absolute Gasteiger partial charge is 0.261 e. The molecule has 2 aromatic carbocycles. The molecule has 0 aliphatic rings. The Labute approximate surface area is 173 Å². The van der Waals surface area contributed by atoms with Gasteiger partial charge in [0.25, 0.3) is 5.91 Å². The third-order valence-electron chi connectivity index (χ3n) is 4.18. The fourth-order valence-corrected chi connectivity index (χ4v) is 2.89. The summed E-state index contributed by atoms with van der Waals surface area (Å²) in [6.45, 7) is 3.69. The molecule has 1 aromatic heterocycles. The minimum Gasteiger partial charge on any atom is -0.482 e. The van der Waals surface area contributed by atoms with Gasteiger partial charge >= 0.3 is 0 Å². The second-order valence-corrected chi connectivity index (χ2v) is 6.90. The molecule has 7 nitrogen and oxygen atoms in total. The number of ether oxygens (including phenoxy) is 1. The summed E-state index contributed by atoms with van der Waals surface area (Å²) in [7, 11) is 0. The molecule has 0 saturated heterocycles. The third kappa shape index (κ3) is 4.92. The van der Waals surface area contributed by atoms with Gasteiger partial charge < -0.3 is 14.1 Å². The number of rotatable bonds is 7. The molecule has 0 aliphatic heterocycles. The molecule has 0 saturated carbocycles. The van der Waals surface area contributed by atoms with Crippen LogP contribution in [0.4, 0.5) is 0 Å². The monoisotopic (exact) mass is 410 g/mol. The number of para-hydroxylation sites is 1. The molecular weight excluding hydrogens is 392 g/mol. The van der Waals surface area contributed by atoms with Gasteiger partial charge in [-0.25, -0.2) is 0 Å². The molecule has 29 heavy (non-hydrogen) atoms. The summed E-state index contributed by atoms with van der Waals surface area (Å²) < 4.78 is 11.2. The van der Waals surface area contributed by atoms with E-state index >= 15 is 0 Å². The number of nitrogens with zero attached hydrogens (tertiary/aromatic N) is 4. The lowest BCUT2D eigenvalue weighted by molar-refractivity contribution is -0.136. The van der Waals surface area contributed by atoms with Crippen LogP contribution in [0.1, 0.15) is 25.3 Å². The van der Waals surface area contributed by atoms with Crippen molar-refractivity contribution < 1.29 is 13.9 Å². The SMILES string of the molecule is CC(C)N(Cc1nnc(-c2ccccc2Cl)o1)C(=O)COc1ccccc1C#N. The fourth-order valence-electron chi connectivity index (χ4n) is 2.67. The van der Waals surface area contributed by atoms with E-state index in [2.05, 4.69) is 10.2 Å². The molecule has 3 aromatic rings. The maximum Gasteiger partial charge on any atom is 0.261 e. The Bertz CT molecular complexity index is 1040. The molecule has 0 bridgehead atoms. The Morgan fingerprint density at radius 3 is 2.66 bits per heavy atom. The van der Waals surface area contributed by atoms with Crippen molar-refractivity contribution in [2.24, 2.45) is 0 Å². The molecule has 0 spiro atoms. The molecule has 0 N–H and O–H groups in total. The van der Waals surface area contributed by atoms with Crippen LogP contribution in [0, 0.1) is 11.3 Å². The Morgan fingerprint density at radius 1 is 1.21 bits per heavy atom. The van der Waals surface area contributed by atoms with Crippen molar-refractivity contribution in [1.82, 2.24) is 15.1 Å². The summed E-state index contributed by atoms with van der Waals surface area (Å²) in [5, 5.41) is 17.7. The van der Waals surface area contributed by atoms with Crippen LogP contribution in [0.5, 0.6) is 5.75 Å². The van der Waals surface area contributed by atoms with Gasteiger partial charge in [-0.2, -0.15) is 5.26 Å². The van der Waals surface area contributed by atoms with E-state index in [1.165, 1.54) is 0 Å².